The fraction of sp³-hybridized carbons (Fsp3) is 0.615. The summed E-state index contributed by atoms with van der Waals surface area (Å²) in [5.41, 5.74) is 1.23. The molecule has 104 valence electrons. The first-order chi connectivity index (χ1) is 9.08. The summed E-state index contributed by atoms with van der Waals surface area (Å²) >= 11 is 1.30. The van der Waals surface area contributed by atoms with Crippen LogP contribution in [0.4, 0.5) is 0 Å². The topological polar surface area (TPSA) is 66.1 Å². The molecule has 19 heavy (non-hydrogen) atoms. The molecule has 0 saturated carbocycles. The molecule has 1 aliphatic rings. The van der Waals surface area contributed by atoms with Gasteiger partial charge in [0, 0.05) is 24.3 Å². The van der Waals surface area contributed by atoms with Gasteiger partial charge in [0.05, 0.1) is 5.75 Å². The van der Waals surface area contributed by atoms with Crippen LogP contribution < -0.4 is 5.56 Å². The second kappa shape index (κ2) is 6.23. The number of aryl methyl sites for hydroxylation is 1. The van der Waals surface area contributed by atoms with Crippen molar-refractivity contribution in [2.75, 3.05) is 18.8 Å². The van der Waals surface area contributed by atoms with E-state index in [4.69, 9.17) is 0 Å². The average Bonchev–Trinajstić information content (AvgIpc) is 2.43. The van der Waals surface area contributed by atoms with E-state index in [1.807, 2.05) is 4.90 Å². The Balaban J connectivity index is 1.95. The van der Waals surface area contributed by atoms with Gasteiger partial charge in [-0.1, -0.05) is 11.8 Å². The molecule has 1 aliphatic heterocycles. The number of nitrogens with one attached hydrogen (secondary N) is 1. The molecule has 2 rings (SSSR count). The molecule has 5 nitrogen and oxygen atoms in total. The Morgan fingerprint density at radius 3 is 2.63 bits per heavy atom. The molecule has 1 aromatic rings. The third-order valence-electron chi connectivity index (χ3n) is 3.41. The minimum atomic E-state index is -0.125. The van der Waals surface area contributed by atoms with Gasteiger partial charge in [-0.3, -0.25) is 9.59 Å². The van der Waals surface area contributed by atoms with E-state index in [2.05, 4.69) is 9.97 Å². The normalized spacial score (nSPS) is 15.6. The molecule has 1 saturated heterocycles. The Hall–Kier alpha value is -1.30. The summed E-state index contributed by atoms with van der Waals surface area (Å²) in [4.78, 5) is 32.5. The third kappa shape index (κ3) is 3.59. The summed E-state index contributed by atoms with van der Waals surface area (Å²) in [7, 11) is 0. The molecule has 6 heteroatoms. The highest BCUT2D eigenvalue weighted by Gasteiger charge is 2.17. The van der Waals surface area contributed by atoms with Crippen molar-refractivity contribution in [3.63, 3.8) is 0 Å². The first kappa shape index (κ1) is 14.1. The van der Waals surface area contributed by atoms with Gasteiger partial charge in [0.15, 0.2) is 5.16 Å². The summed E-state index contributed by atoms with van der Waals surface area (Å²) in [6.07, 6.45) is 3.40. The minimum absolute atomic E-state index is 0.125. The number of hydrogen-bond donors (Lipinski definition) is 1. The minimum Gasteiger partial charge on any atom is -0.342 e. The van der Waals surface area contributed by atoms with Crippen molar-refractivity contribution >= 4 is 17.7 Å². The average molecular weight is 281 g/mol. The van der Waals surface area contributed by atoms with E-state index >= 15 is 0 Å². The van der Waals surface area contributed by atoms with Crippen LogP contribution in [-0.2, 0) is 4.79 Å². The van der Waals surface area contributed by atoms with Crippen molar-refractivity contribution < 1.29 is 4.79 Å². The zero-order valence-corrected chi connectivity index (χ0v) is 12.2. The highest BCUT2D eigenvalue weighted by molar-refractivity contribution is 7.99. The Morgan fingerprint density at radius 1 is 1.32 bits per heavy atom. The van der Waals surface area contributed by atoms with Crippen LogP contribution >= 0.6 is 11.8 Å². The lowest BCUT2D eigenvalue weighted by atomic mass is 10.1. The molecule has 0 unspecified atom stereocenters. The third-order valence-corrected chi connectivity index (χ3v) is 4.27. The van der Waals surface area contributed by atoms with Gasteiger partial charge in [0.25, 0.3) is 5.56 Å². The Kier molecular flexibility index (Phi) is 4.63. The Bertz CT molecular complexity index is 521. The zero-order valence-electron chi connectivity index (χ0n) is 11.4. The molecule has 0 atom stereocenters. The lowest BCUT2D eigenvalue weighted by molar-refractivity contribution is -0.129. The number of nitrogens with zero attached hydrogens (tertiary/aromatic N) is 2. The van der Waals surface area contributed by atoms with Crippen molar-refractivity contribution in [3.8, 4) is 0 Å². The van der Waals surface area contributed by atoms with Gasteiger partial charge in [-0.2, -0.15) is 0 Å². The number of aromatic nitrogens is 2. The molecule has 0 bridgehead atoms. The van der Waals surface area contributed by atoms with Gasteiger partial charge in [0.1, 0.15) is 0 Å². The number of carbonyl (C=O) groups is 1. The van der Waals surface area contributed by atoms with E-state index in [1.165, 1.54) is 18.2 Å². The number of likely N-dealkylation sites (tertiary alicyclic amines) is 1. The van der Waals surface area contributed by atoms with Crippen LogP contribution in [0.2, 0.25) is 0 Å². The second-order valence-electron chi connectivity index (χ2n) is 4.81. The number of piperidine rings is 1. The van der Waals surface area contributed by atoms with Crippen LogP contribution in [0.15, 0.2) is 9.95 Å². The number of amides is 1. The number of carbonyl (C=O) groups excluding carboxylic acids is 1. The second-order valence-corrected chi connectivity index (χ2v) is 5.78. The van der Waals surface area contributed by atoms with E-state index in [-0.39, 0.29) is 11.5 Å². The van der Waals surface area contributed by atoms with Crippen LogP contribution in [0.3, 0.4) is 0 Å². The van der Waals surface area contributed by atoms with Crippen LogP contribution in [0.5, 0.6) is 0 Å². The maximum absolute atomic E-state index is 12.0. The molecule has 0 spiro atoms. The van der Waals surface area contributed by atoms with Crippen molar-refractivity contribution in [1.29, 1.82) is 0 Å². The molecule has 0 aromatic carbocycles. The van der Waals surface area contributed by atoms with Crippen molar-refractivity contribution in [1.82, 2.24) is 14.9 Å². The van der Waals surface area contributed by atoms with E-state index in [0.717, 1.165) is 31.6 Å². The summed E-state index contributed by atoms with van der Waals surface area (Å²) in [6, 6.07) is 0. The molecule has 1 aromatic heterocycles. The van der Waals surface area contributed by atoms with Crippen LogP contribution in [0.1, 0.15) is 30.5 Å². The first-order valence-corrected chi connectivity index (χ1v) is 7.54. The lowest BCUT2D eigenvalue weighted by Crippen LogP contribution is -2.36. The van der Waals surface area contributed by atoms with E-state index < -0.39 is 0 Å². The van der Waals surface area contributed by atoms with Crippen LogP contribution in [0, 0.1) is 13.8 Å². The molecule has 0 radical (unpaired) electrons. The smallest absolute Gasteiger partial charge is 0.254 e. The highest BCUT2D eigenvalue weighted by Crippen LogP contribution is 2.15. The lowest BCUT2D eigenvalue weighted by Gasteiger charge is -2.26. The monoisotopic (exact) mass is 281 g/mol. The molecule has 1 amide bonds. The Labute approximate surface area is 116 Å². The first-order valence-electron chi connectivity index (χ1n) is 6.56. The number of hydrogen-bond acceptors (Lipinski definition) is 4. The van der Waals surface area contributed by atoms with Gasteiger partial charge in [-0.25, -0.2) is 4.98 Å². The van der Waals surface area contributed by atoms with E-state index in [9.17, 15) is 9.59 Å². The fourth-order valence-electron chi connectivity index (χ4n) is 2.05. The van der Waals surface area contributed by atoms with Gasteiger partial charge in [-0.15, -0.1) is 0 Å². The number of H-pyrrole nitrogens is 1. The van der Waals surface area contributed by atoms with Crippen LogP contribution in [0.25, 0.3) is 0 Å². The van der Waals surface area contributed by atoms with Crippen molar-refractivity contribution in [2.24, 2.45) is 0 Å². The zero-order chi connectivity index (χ0) is 13.8. The molecule has 0 aliphatic carbocycles. The molecular formula is C13H19N3O2S. The fourth-order valence-corrected chi connectivity index (χ4v) is 2.86. The van der Waals surface area contributed by atoms with E-state index in [0.29, 0.717) is 16.5 Å². The van der Waals surface area contributed by atoms with E-state index in [1.54, 1.807) is 13.8 Å². The quantitative estimate of drug-likeness (QED) is 0.673. The number of aromatic amines is 1. The summed E-state index contributed by atoms with van der Waals surface area (Å²) in [6.45, 7) is 5.27. The van der Waals surface area contributed by atoms with Crippen molar-refractivity contribution in [3.05, 3.63) is 21.6 Å². The summed E-state index contributed by atoms with van der Waals surface area (Å²) < 4.78 is 0. The predicted molar refractivity (Wildman–Crippen MR) is 75.5 cm³/mol. The molecular weight excluding hydrogens is 262 g/mol. The highest BCUT2D eigenvalue weighted by atomic mass is 32.2. The number of thioether (sulfide) groups is 1. The summed E-state index contributed by atoms with van der Waals surface area (Å²) in [5, 5.41) is 0.526. The van der Waals surface area contributed by atoms with Gasteiger partial charge >= 0.3 is 0 Å². The van der Waals surface area contributed by atoms with Crippen LogP contribution in [-0.4, -0.2) is 39.6 Å². The molecule has 1 N–H and O–H groups in total. The standard InChI is InChI=1S/C13H19N3O2S/c1-9-10(2)14-13(15-12(9)18)19-8-11(17)16-6-4-3-5-7-16/h3-8H2,1-2H3,(H,14,15,18). The largest absolute Gasteiger partial charge is 0.342 e. The maximum atomic E-state index is 12.0. The Morgan fingerprint density at radius 2 is 2.00 bits per heavy atom. The molecule has 2 heterocycles. The number of rotatable bonds is 3. The van der Waals surface area contributed by atoms with Gasteiger partial charge in [0.2, 0.25) is 5.91 Å². The van der Waals surface area contributed by atoms with Crippen molar-refractivity contribution in [2.45, 2.75) is 38.3 Å². The van der Waals surface area contributed by atoms with Gasteiger partial charge in [-0.05, 0) is 33.1 Å². The summed E-state index contributed by atoms with van der Waals surface area (Å²) in [5.74, 6) is 0.469. The van der Waals surface area contributed by atoms with Gasteiger partial charge < -0.3 is 9.88 Å². The maximum Gasteiger partial charge on any atom is 0.254 e. The SMILES string of the molecule is Cc1nc(SCC(=O)N2CCCCC2)[nH]c(=O)c1C. The predicted octanol–water partition coefficient (Wildman–Crippen LogP) is 1.49. The molecule has 1 fully saturated rings.